The summed E-state index contributed by atoms with van der Waals surface area (Å²) in [6.07, 6.45) is 1.51. The molecule has 0 saturated heterocycles. The smallest absolute Gasteiger partial charge is 0.224 e. The Morgan fingerprint density at radius 1 is 1.56 bits per heavy atom. The zero-order chi connectivity index (χ0) is 13.5. The predicted octanol–water partition coefficient (Wildman–Crippen LogP) is 1.21. The minimum atomic E-state index is -0.210. The molecule has 0 aliphatic carbocycles. The van der Waals surface area contributed by atoms with E-state index in [1.807, 2.05) is 0 Å². The summed E-state index contributed by atoms with van der Waals surface area (Å²) in [6.45, 7) is 4.37. The van der Waals surface area contributed by atoms with Gasteiger partial charge in [-0.25, -0.2) is 4.98 Å². The lowest BCUT2D eigenvalue weighted by atomic mass is 10.0. The number of carbonyl (C=O) groups is 1. The van der Waals surface area contributed by atoms with Gasteiger partial charge in [0.25, 0.3) is 0 Å². The van der Waals surface area contributed by atoms with Crippen molar-refractivity contribution in [1.29, 1.82) is 0 Å². The van der Waals surface area contributed by atoms with Crippen molar-refractivity contribution < 1.29 is 9.53 Å². The van der Waals surface area contributed by atoms with Crippen LogP contribution in [0.4, 0.5) is 0 Å². The third-order valence-electron chi connectivity index (χ3n) is 2.55. The van der Waals surface area contributed by atoms with E-state index in [0.29, 0.717) is 24.1 Å². The van der Waals surface area contributed by atoms with Crippen molar-refractivity contribution in [3.05, 3.63) is 23.4 Å². The van der Waals surface area contributed by atoms with Crippen LogP contribution in [-0.4, -0.2) is 30.1 Å². The minimum Gasteiger partial charge on any atom is -0.476 e. The largest absolute Gasteiger partial charge is 0.476 e. The van der Waals surface area contributed by atoms with Crippen molar-refractivity contribution in [2.75, 3.05) is 13.2 Å². The van der Waals surface area contributed by atoms with Gasteiger partial charge in [-0.15, -0.1) is 0 Å². The lowest BCUT2D eigenvalue weighted by Gasteiger charge is -2.15. The van der Waals surface area contributed by atoms with Gasteiger partial charge in [-0.05, 0) is 13.0 Å². The molecule has 1 aromatic rings. The number of pyridine rings is 1. The zero-order valence-electron chi connectivity index (χ0n) is 10.5. The number of rotatable bonds is 6. The molecule has 6 heteroatoms. The van der Waals surface area contributed by atoms with Crippen molar-refractivity contribution in [2.24, 2.45) is 11.7 Å². The number of hydrogen-bond acceptors (Lipinski definition) is 4. The van der Waals surface area contributed by atoms with E-state index in [0.717, 1.165) is 0 Å². The number of aromatic nitrogens is 1. The molecule has 2 unspecified atom stereocenters. The van der Waals surface area contributed by atoms with Crippen LogP contribution in [0.1, 0.15) is 13.8 Å². The highest BCUT2D eigenvalue weighted by molar-refractivity contribution is 6.30. The van der Waals surface area contributed by atoms with Gasteiger partial charge in [-0.1, -0.05) is 18.5 Å². The van der Waals surface area contributed by atoms with Crippen molar-refractivity contribution in [3.8, 4) is 5.88 Å². The molecule has 1 rings (SSSR count). The van der Waals surface area contributed by atoms with E-state index in [4.69, 9.17) is 22.1 Å². The van der Waals surface area contributed by atoms with Gasteiger partial charge in [0, 0.05) is 24.2 Å². The number of nitrogens with zero attached hydrogens (tertiary/aromatic N) is 1. The Balaban J connectivity index is 2.23. The van der Waals surface area contributed by atoms with Crippen molar-refractivity contribution >= 4 is 17.5 Å². The highest BCUT2D eigenvalue weighted by Crippen LogP contribution is 2.10. The standard InChI is InChI=1S/C12H18ClN3O2/c1-8(9(2)14)12(17)15-5-6-18-11-4-3-10(13)7-16-11/h3-4,7-9H,5-6,14H2,1-2H3,(H,15,17). The molecule has 100 valence electrons. The number of amides is 1. The Morgan fingerprint density at radius 2 is 2.28 bits per heavy atom. The highest BCUT2D eigenvalue weighted by Gasteiger charge is 2.15. The summed E-state index contributed by atoms with van der Waals surface area (Å²) < 4.78 is 5.34. The van der Waals surface area contributed by atoms with Gasteiger partial charge in [-0.2, -0.15) is 0 Å². The number of hydrogen-bond donors (Lipinski definition) is 2. The maximum atomic E-state index is 11.6. The summed E-state index contributed by atoms with van der Waals surface area (Å²) in [4.78, 5) is 15.5. The van der Waals surface area contributed by atoms with Gasteiger partial charge < -0.3 is 15.8 Å². The van der Waals surface area contributed by atoms with E-state index in [1.165, 1.54) is 6.20 Å². The van der Waals surface area contributed by atoms with Crippen molar-refractivity contribution in [1.82, 2.24) is 10.3 Å². The molecule has 0 radical (unpaired) electrons. The van der Waals surface area contributed by atoms with E-state index in [9.17, 15) is 4.79 Å². The van der Waals surface area contributed by atoms with Crippen LogP contribution >= 0.6 is 11.6 Å². The first-order valence-corrected chi connectivity index (χ1v) is 6.16. The molecule has 3 N–H and O–H groups in total. The summed E-state index contributed by atoms with van der Waals surface area (Å²) >= 11 is 5.69. The summed E-state index contributed by atoms with van der Waals surface area (Å²) in [7, 11) is 0. The molecular formula is C12H18ClN3O2. The van der Waals surface area contributed by atoms with Crippen molar-refractivity contribution in [3.63, 3.8) is 0 Å². The summed E-state index contributed by atoms with van der Waals surface area (Å²) in [5, 5.41) is 3.30. The Hall–Kier alpha value is -1.33. The Morgan fingerprint density at radius 3 is 2.83 bits per heavy atom. The summed E-state index contributed by atoms with van der Waals surface area (Å²) in [5.74, 6) is 0.199. The maximum absolute atomic E-state index is 11.6. The van der Waals surface area contributed by atoms with E-state index in [-0.39, 0.29) is 17.9 Å². The average Bonchev–Trinajstić information content (AvgIpc) is 2.35. The normalized spacial score (nSPS) is 13.8. The van der Waals surface area contributed by atoms with E-state index in [2.05, 4.69) is 10.3 Å². The maximum Gasteiger partial charge on any atom is 0.224 e. The SMILES string of the molecule is CC(N)C(C)C(=O)NCCOc1ccc(Cl)cn1. The fourth-order valence-electron chi connectivity index (χ4n) is 1.18. The van der Waals surface area contributed by atoms with Gasteiger partial charge in [-0.3, -0.25) is 4.79 Å². The van der Waals surface area contributed by atoms with Gasteiger partial charge in [0.05, 0.1) is 11.6 Å². The third kappa shape index (κ3) is 4.89. The minimum absolute atomic E-state index is 0.0716. The molecule has 0 aromatic carbocycles. The van der Waals surface area contributed by atoms with Gasteiger partial charge in [0.15, 0.2) is 0 Å². The van der Waals surface area contributed by atoms with Crippen molar-refractivity contribution in [2.45, 2.75) is 19.9 Å². The third-order valence-corrected chi connectivity index (χ3v) is 2.78. The first-order valence-electron chi connectivity index (χ1n) is 5.78. The molecule has 0 bridgehead atoms. The number of halogens is 1. The molecule has 1 heterocycles. The first kappa shape index (κ1) is 14.7. The number of ether oxygens (including phenoxy) is 1. The molecule has 18 heavy (non-hydrogen) atoms. The topological polar surface area (TPSA) is 77.2 Å². The van der Waals surface area contributed by atoms with Crippen LogP contribution in [0, 0.1) is 5.92 Å². The molecule has 1 amide bonds. The Kier molecular flexibility index (Phi) is 5.88. The zero-order valence-corrected chi connectivity index (χ0v) is 11.3. The van der Waals surface area contributed by atoms with E-state index < -0.39 is 0 Å². The lowest BCUT2D eigenvalue weighted by molar-refractivity contribution is -0.125. The lowest BCUT2D eigenvalue weighted by Crippen LogP contribution is -2.40. The highest BCUT2D eigenvalue weighted by atomic mass is 35.5. The van der Waals surface area contributed by atoms with Crippen LogP contribution in [0.3, 0.4) is 0 Å². The molecule has 5 nitrogen and oxygen atoms in total. The summed E-state index contributed by atoms with van der Waals surface area (Å²) in [6, 6.07) is 3.21. The number of carbonyl (C=O) groups excluding carboxylic acids is 1. The fourth-order valence-corrected chi connectivity index (χ4v) is 1.29. The first-order chi connectivity index (χ1) is 8.50. The fraction of sp³-hybridized carbons (Fsp3) is 0.500. The second-order valence-electron chi connectivity index (χ2n) is 4.10. The van der Waals surface area contributed by atoms with Crippen LogP contribution in [0.15, 0.2) is 18.3 Å². The van der Waals surface area contributed by atoms with E-state index >= 15 is 0 Å². The van der Waals surface area contributed by atoms with Gasteiger partial charge in [0.2, 0.25) is 11.8 Å². The van der Waals surface area contributed by atoms with Crippen LogP contribution in [-0.2, 0) is 4.79 Å². The number of nitrogens with two attached hydrogens (primary N) is 1. The molecule has 0 aliphatic heterocycles. The second-order valence-corrected chi connectivity index (χ2v) is 4.54. The molecular weight excluding hydrogens is 254 g/mol. The quantitative estimate of drug-likeness (QED) is 0.763. The molecule has 0 saturated carbocycles. The summed E-state index contributed by atoms with van der Waals surface area (Å²) in [5.41, 5.74) is 5.63. The number of nitrogens with one attached hydrogen (secondary N) is 1. The predicted molar refractivity (Wildman–Crippen MR) is 70.6 cm³/mol. The second kappa shape index (κ2) is 7.18. The van der Waals surface area contributed by atoms with Gasteiger partial charge in [0.1, 0.15) is 6.61 Å². The molecule has 2 atom stereocenters. The molecule has 0 fully saturated rings. The van der Waals surface area contributed by atoms with E-state index in [1.54, 1.807) is 26.0 Å². The monoisotopic (exact) mass is 271 g/mol. The Bertz CT molecular complexity index is 381. The molecule has 1 aromatic heterocycles. The van der Waals surface area contributed by atoms with Crippen LogP contribution in [0.5, 0.6) is 5.88 Å². The molecule has 0 spiro atoms. The molecule has 0 aliphatic rings. The van der Waals surface area contributed by atoms with Crippen LogP contribution < -0.4 is 15.8 Å². The average molecular weight is 272 g/mol. The Labute approximate surface area is 112 Å². The van der Waals surface area contributed by atoms with Crippen LogP contribution in [0.2, 0.25) is 5.02 Å². The van der Waals surface area contributed by atoms with Gasteiger partial charge >= 0.3 is 0 Å². The van der Waals surface area contributed by atoms with Crippen LogP contribution in [0.25, 0.3) is 0 Å².